The summed E-state index contributed by atoms with van der Waals surface area (Å²) in [6.45, 7) is 9.56. The fourth-order valence-electron chi connectivity index (χ4n) is 4.93. The number of hydrogen-bond acceptors (Lipinski definition) is 4. The summed E-state index contributed by atoms with van der Waals surface area (Å²) < 4.78 is 5.60. The van der Waals surface area contributed by atoms with Gasteiger partial charge in [0.1, 0.15) is 0 Å². The van der Waals surface area contributed by atoms with Gasteiger partial charge in [0, 0.05) is 36.9 Å². The molecule has 0 radical (unpaired) electrons. The van der Waals surface area contributed by atoms with Gasteiger partial charge >= 0.3 is 5.97 Å². The first-order valence-electron chi connectivity index (χ1n) is 13.1. The number of ether oxygens (including phenoxy) is 1. The van der Waals surface area contributed by atoms with E-state index in [2.05, 4.69) is 46.2 Å². The van der Waals surface area contributed by atoms with Crippen LogP contribution in [0.5, 0.6) is 0 Å². The quantitative estimate of drug-likeness (QED) is 0.283. The van der Waals surface area contributed by atoms with Crippen molar-refractivity contribution in [2.45, 2.75) is 38.5 Å². The Balaban J connectivity index is 1.32. The molecule has 0 N–H and O–H groups in total. The van der Waals surface area contributed by atoms with E-state index in [4.69, 9.17) is 16.3 Å². The average Bonchev–Trinajstić information content (AvgIpc) is 2.93. The van der Waals surface area contributed by atoms with Crippen molar-refractivity contribution in [2.24, 2.45) is 0 Å². The maximum Gasteiger partial charge on any atom is 0.316 e. The first kappa shape index (κ1) is 26.2. The van der Waals surface area contributed by atoms with E-state index in [0.29, 0.717) is 6.61 Å². The van der Waals surface area contributed by atoms with Gasteiger partial charge in [-0.1, -0.05) is 73.1 Å². The van der Waals surface area contributed by atoms with E-state index < -0.39 is 5.41 Å². The van der Waals surface area contributed by atoms with Crippen LogP contribution in [-0.4, -0.2) is 50.2 Å². The Bertz CT molecular complexity index is 1110. The third kappa shape index (κ3) is 6.48. The third-order valence-corrected chi connectivity index (χ3v) is 7.46. The van der Waals surface area contributed by atoms with Crippen LogP contribution in [0.3, 0.4) is 0 Å². The Morgan fingerprint density at radius 1 is 0.917 bits per heavy atom. The zero-order chi connectivity index (χ0) is 25.4. The number of nitrogens with zero attached hydrogens (tertiary/aromatic N) is 2. The Hall–Kier alpha value is -2.82. The van der Waals surface area contributed by atoms with Crippen molar-refractivity contribution in [2.75, 3.05) is 44.2 Å². The first-order valence-corrected chi connectivity index (χ1v) is 13.4. The summed E-state index contributed by atoms with van der Waals surface area (Å²) in [4.78, 5) is 18.0. The SMILES string of the molecule is CCCOC(=O)C(C)(CCCN1CCN(c2cccc(-c3ccc(Cl)cc3)c2)CC1)c1ccccc1. The Labute approximate surface area is 220 Å². The van der Waals surface area contributed by atoms with Gasteiger partial charge in [-0.2, -0.15) is 0 Å². The Morgan fingerprint density at radius 3 is 2.33 bits per heavy atom. The first-order chi connectivity index (χ1) is 17.5. The number of anilines is 1. The van der Waals surface area contributed by atoms with Crippen LogP contribution in [0.2, 0.25) is 5.02 Å². The van der Waals surface area contributed by atoms with Crippen LogP contribution in [0.15, 0.2) is 78.9 Å². The van der Waals surface area contributed by atoms with E-state index in [-0.39, 0.29) is 5.97 Å². The molecule has 190 valence electrons. The second-order valence-corrected chi connectivity index (χ2v) is 10.3. The van der Waals surface area contributed by atoms with Crippen LogP contribution in [-0.2, 0) is 14.9 Å². The molecule has 1 fully saturated rings. The molecule has 0 aromatic heterocycles. The molecule has 0 saturated carbocycles. The molecule has 1 atom stereocenters. The summed E-state index contributed by atoms with van der Waals surface area (Å²) in [7, 11) is 0. The molecule has 5 heteroatoms. The van der Waals surface area contributed by atoms with Crippen LogP contribution >= 0.6 is 11.6 Å². The monoisotopic (exact) mass is 504 g/mol. The van der Waals surface area contributed by atoms with Crippen molar-refractivity contribution in [1.82, 2.24) is 4.90 Å². The molecule has 4 rings (SSSR count). The van der Waals surface area contributed by atoms with Gasteiger partial charge in [-0.05, 0) is 73.7 Å². The highest BCUT2D eigenvalue weighted by molar-refractivity contribution is 6.30. The minimum absolute atomic E-state index is 0.110. The van der Waals surface area contributed by atoms with Gasteiger partial charge in [-0.25, -0.2) is 0 Å². The lowest BCUT2D eigenvalue weighted by Gasteiger charge is -2.37. The summed E-state index contributed by atoms with van der Waals surface area (Å²) in [6.07, 6.45) is 2.57. The number of carbonyl (C=O) groups is 1. The maximum absolute atomic E-state index is 13.0. The molecular formula is C31H37ClN2O2. The van der Waals surface area contributed by atoms with Crippen molar-refractivity contribution in [1.29, 1.82) is 0 Å². The van der Waals surface area contributed by atoms with Gasteiger partial charge in [0.2, 0.25) is 0 Å². The highest BCUT2D eigenvalue weighted by atomic mass is 35.5. The topological polar surface area (TPSA) is 32.8 Å². The van der Waals surface area contributed by atoms with Crippen molar-refractivity contribution in [3.8, 4) is 11.1 Å². The molecule has 0 amide bonds. The zero-order valence-electron chi connectivity index (χ0n) is 21.5. The molecule has 4 nitrogen and oxygen atoms in total. The van der Waals surface area contributed by atoms with Crippen LogP contribution in [0.4, 0.5) is 5.69 Å². The van der Waals surface area contributed by atoms with Crippen LogP contribution in [0, 0.1) is 0 Å². The van der Waals surface area contributed by atoms with E-state index in [9.17, 15) is 4.79 Å². The largest absolute Gasteiger partial charge is 0.465 e. The molecule has 1 heterocycles. The second-order valence-electron chi connectivity index (χ2n) is 9.82. The van der Waals surface area contributed by atoms with E-state index in [0.717, 1.165) is 62.6 Å². The predicted octanol–water partition coefficient (Wildman–Crippen LogP) is 6.82. The molecular weight excluding hydrogens is 468 g/mol. The summed E-state index contributed by atoms with van der Waals surface area (Å²) in [5.41, 5.74) is 4.08. The number of rotatable bonds is 10. The molecule has 1 aliphatic rings. The lowest BCUT2D eigenvalue weighted by molar-refractivity contribution is -0.150. The summed E-state index contributed by atoms with van der Waals surface area (Å²) in [5, 5.41) is 0.757. The molecule has 36 heavy (non-hydrogen) atoms. The second kappa shape index (κ2) is 12.4. The molecule has 0 bridgehead atoms. The number of esters is 1. The number of piperazine rings is 1. The molecule has 0 spiro atoms. The molecule has 3 aromatic rings. The highest BCUT2D eigenvalue weighted by Gasteiger charge is 2.36. The van der Waals surface area contributed by atoms with Crippen molar-refractivity contribution in [3.05, 3.63) is 89.4 Å². The molecule has 1 saturated heterocycles. The standard InChI is InChI=1S/C31H37ClN2O2/c1-3-23-36-30(35)31(2,27-10-5-4-6-11-27)17-8-18-33-19-21-34(22-20-33)29-12-7-9-26(24-29)25-13-15-28(32)16-14-25/h4-7,9-16,24H,3,8,17-23H2,1-2H3. The maximum atomic E-state index is 13.0. The number of benzene rings is 3. The van der Waals surface area contributed by atoms with Crippen molar-refractivity contribution in [3.63, 3.8) is 0 Å². The average molecular weight is 505 g/mol. The van der Waals surface area contributed by atoms with E-state index in [1.165, 1.54) is 16.8 Å². The molecule has 1 unspecified atom stereocenters. The summed E-state index contributed by atoms with van der Waals surface area (Å²) >= 11 is 6.06. The van der Waals surface area contributed by atoms with Gasteiger partial charge in [0.05, 0.1) is 12.0 Å². The number of hydrogen-bond donors (Lipinski definition) is 0. The van der Waals surface area contributed by atoms with Crippen LogP contribution in [0.1, 0.15) is 38.7 Å². The predicted molar refractivity (Wildman–Crippen MR) is 150 cm³/mol. The van der Waals surface area contributed by atoms with Gasteiger partial charge < -0.3 is 9.64 Å². The van der Waals surface area contributed by atoms with Gasteiger partial charge in [0.25, 0.3) is 0 Å². The lowest BCUT2D eigenvalue weighted by atomic mass is 9.78. The smallest absolute Gasteiger partial charge is 0.316 e. The Morgan fingerprint density at radius 2 is 1.64 bits per heavy atom. The minimum atomic E-state index is -0.611. The lowest BCUT2D eigenvalue weighted by Crippen LogP contribution is -2.47. The van der Waals surface area contributed by atoms with Gasteiger partial charge in [-0.3, -0.25) is 9.69 Å². The van der Waals surface area contributed by atoms with Gasteiger partial charge in [0.15, 0.2) is 0 Å². The van der Waals surface area contributed by atoms with Crippen molar-refractivity contribution < 1.29 is 9.53 Å². The number of halogens is 1. The normalized spacial score (nSPS) is 15.9. The third-order valence-electron chi connectivity index (χ3n) is 7.21. The van der Waals surface area contributed by atoms with Crippen LogP contribution in [0.25, 0.3) is 11.1 Å². The molecule has 0 aliphatic carbocycles. The molecule has 1 aliphatic heterocycles. The van der Waals surface area contributed by atoms with E-state index in [1.54, 1.807) is 0 Å². The summed E-state index contributed by atoms with van der Waals surface area (Å²) in [6, 6.07) is 26.9. The van der Waals surface area contributed by atoms with Crippen LogP contribution < -0.4 is 4.90 Å². The van der Waals surface area contributed by atoms with E-state index >= 15 is 0 Å². The summed E-state index contributed by atoms with van der Waals surface area (Å²) in [5.74, 6) is -0.110. The highest BCUT2D eigenvalue weighted by Crippen LogP contribution is 2.31. The fraction of sp³-hybridized carbons (Fsp3) is 0.387. The van der Waals surface area contributed by atoms with Gasteiger partial charge in [-0.15, -0.1) is 0 Å². The van der Waals surface area contributed by atoms with Crippen molar-refractivity contribution >= 4 is 23.3 Å². The van der Waals surface area contributed by atoms with E-state index in [1.807, 2.05) is 56.3 Å². The number of carbonyl (C=O) groups excluding carboxylic acids is 1. The zero-order valence-corrected chi connectivity index (χ0v) is 22.2. The molecule has 3 aromatic carbocycles. The Kier molecular flexibility index (Phi) is 9.06. The fourth-order valence-corrected chi connectivity index (χ4v) is 5.06. The minimum Gasteiger partial charge on any atom is -0.465 e.